The molecular formula is C32H36NiO2P2. The van der Waals surface area contributed by atoms with Gasteiger partial charge in [-0.2, -0.15) is 0 Å². The third-order valence-electron chi connectivity index (χ3n) is 6.17. The minimum atomic E-state index is -0.409. The summed E-state index contributed by atoms with van der Waals surface area (Å²) >= 11 is 0. The first kappa shape index (κ1) is 32.6. The summed E-state index contributed by atoms with van der Waals surface area (Å²) < 4.78 is 0. The molecule has 0 spiro atoms. The van der Waals surface area contributed by atoms with Crippen molar-refractivity contribution >= 4 is 50.6 Å². The van der Waals surface area contributed by atoms with E-state index in [1.54, 1.807) is 0 Å². The molecule has 4 aromatic carbocycles. The summed E-state index contributed by atoms with van der Waals surface area (Å²) in [6.45, 7) is 13.1. The molecule has 5 heteroatoms. The van der Waals surface area contributed by atoms with Crippen molar-refractivity contribution in [2.24, 2.45) is 0 Å². The minimum absolute atomic E-state index is 0. The van der Waals surface area contributed by atoms with E-state index in [2.05, 4.69) is 125 Å². The third-order valence-corrected chi connectivity index (χ3v) is 12.2. The maximum atomic E-state index is 8.00. The molecule has 0 unspecified atom stereocenters. The molecule has 4 aromatic rings. The Labute approximate surface area is 235 Å². The maximum absolute atomic E-state index is 8.00. The van der Waals surface area contributed by atoms with E-state index in [-0.39, 0.29) is 16.5 Å². The molecule has 0 aliphatic carbocycles. The van der Waals surface area contributed by atoms with Crippen LogP contribution < -0.4 is 21.2 Å². The predicted octanol–water partition coefficient (Wildman–Crippen LogP) is 6.11. The molecule has 0 heterocycles. The molecule has 37 heavy (non-hydrogen) atoms. The van der Waals surface area contributed by atoms with E-state index in [0.29, 0.717) is 0 Å². The molecular weight excluding hydrogens is 537 g/mol. The number of carbonyl (C=O) groups is 2. The van der Waals surface area contributed by atoms with Crippen LogP contribution in [0.2, 0.25) is 0 Å². The maximum Gasteiger partial charge on any atom is 0.106 e. The SMILES string of the molecule is C=O.C=O.Cc1ccccc1P(CCP(c1ccccc1C)c1ccccc1C)c1ccccc1C.[Ni]. The van der Waals surface area contributed by atoms with E-state index < -0.39 is 15.8 Å². The predicted molar refractivity (Wildman–Crippen MR) is 161 cm³/mol. The van der Waals surface area contributed by atoms with Gasteiger partial charge in [0.1, 0.15) is 13.6 Å². The summed E-state index contributed by atoms with van der Waals surface area (Å²) in [5.74, 6) is 0. The summed E-state index contributed by atoms with van der Waals surface area (Å²) in [5, 5.41) is 6.12. The van der Waals surface area contributed by atoms with Crippen LogP contribution in [0.4, 0.5) is 0 Å². The second-order valence-electron chi connectivity index (χ2n) is 8.45. The van der Waals surface area contributed by atoms with Gasteiger partial charge in [-0.3, -0.25) is 0 Å². The molecule has 0 aliphatic heterocycles. The van der Waals surface area contributed by atoms with Crippen LogP contribution in [0.5, 0.6) is 0 Å². The van der Waals surface area contributed by atoms with Crippen molar-refractivity contribution in [2.45, 2.75) is 27.7 Å². The molecule has 0 aromatic heterocycles. The zero-order valence-corrected chi connectivity index (χ0v) is 24.9. The quantitative estimate of drug-likeness (QED) is 0.198. The van der Waals surface area contributed by atoms with Gasteiger partial charge >= 0.3 is 0 Å². The van der Waals surface area contributed by atoms with Crippen LogP contribution in [-0.4, -0.2) is 25.9 Å². The number of aryl methyl sites for hydroxylation is 4. The minimum Gasteiger partial charge on any atom is -0.307 e. The normalized spacial score (nSPS) is 10.0. The Morgan fingerprint density at radius 2 is 0.622 bits per heavy atom. The largest absolute Gasteiger partial charge is 0.307 e. The molecule has 0 bridgehead atoms. The van der Waals surface area contributed by atoms with Gasteiger partial charge < -0.3 is 9.59 Å². The second-order valence-corrected chi connectivity index (χ2v) is 13.0. The molecule has 196 valence electrons. The van der Waals surface area contributed by atoms with E-state index in [1.165, 1.54) is 55.8 Å². The average molecular weight is 573 g/mol. The van der Waals surface area contributed by atoms with Crippen molar-refractivity contribution in [1.29, 1.82) is 0 Å². The summed E-state index contributed by atoms with van der Waals surface area (Å²) in [4.78, 5) is 16.0. The van der Waals surface area contributed by atoms with Crippen molar-refractivity contribution in [1.82, 2.24) is 0 Å². The average Bonchev–Trinajstić information content (AvgIpc) is 2.92. The van der Waals surface area contributed by atoms with Gasteiger partial charge in [-0.25, -0.2) is 0 Å². The van der Waals surface area contributed by atoms with E-state index >= 15 is 0 Å². The van der Waals surface area contributed by atoms with Crippen LogP contribution in [-0.2, 0) is 26.1 Å². The summed E-state index contributed by atoms with van der Waals surface area (Å²) in [7, 11) is -0.818. The van der Waals surface area contributed by atoms with Gasteiger partial charge in [-0.1, -0.05) is 97.1 Å². The summed E-state index contributed by atoms with van der Waals surface area (Å²) in [6, 6.07) is 36.0. The molecule has 0 saturated carbocycles. The molecule has 0 radical (unpaired) electrons. The van der Waals surface area contributed by atoms with Crippen LogP contribution in [0.25, 0.3) is 0 Å². The van der Waals surface area contributed by atoms with Gasteiger partial charge in [-0.15, -0.1) is 0 Å². The summed E-state index contributed by atoms with van der Waals surface area (Å²) in [5.41, 5.74) is 5.66. The first-order valence-electron chi connectivity index (χ1n) is 11.9. The van der Waals surface area contributed by atoms with Crippen LogP contribution in [0.3, 0.4) is 0 Å². The number of carbonyl (C=O) groups excluding carboxylic acids is 2. The third kappa shape index (κ3) is 8.55. The Balaban J connectivity index is 0.00000131. The van der Waals surface area contributed by atoms with E-state index in [0.717, 1.165) is 0 Å². The molecule has 0 N–H and O–H groups in total. The number of hydrogen-bond acceptors (Lipinski definition) is 2. The number of rotatable bonds is 7. The fraction of sp³-hybridized carbons (Fsp3) is 0.188. The van der Waals surface area contributed by atoms with Gasteiger partial charge in [0.15, 0.2) is 0 Å². The number of benzene rings is 4. The first-order chi connectivity index (χ1) is 17.6. The standard InChI is InChI=1S/C30H32P2.2CH2O.Ni/c1-23-13-5-9-17-27(23)31(28-18-10-6-14-24(28)2)21-22-32(29-19-11-7-15-25(29)3)30-20-12-8-16-26(30)4;2*1-2;/h5-20H,21-22H2,1-4H3;2*1H2;. The Bertz CT molecular complexity index is 1060. The molecule has 0 amide bonds. The van der Waals surface area contributed by atoms with Gasteiger partial charge in [0.05, 0.1) is 0 Å². The smallest absolute Gasteiger partial charge is 0.106 e. The molecule has 0 saturated heterocycles. The molecule has 4 rings (SSSR count). The Morgan fingerprint density at radius 1 is 0.432 bits per heavy atom. The molecule has 0 aliphatic rings. The summed E-state index contributed by atoms with van der Waals surface area (Å²) in [6.07, 6.45) is 2.42. The van der Waals surface area contributed by atoms with Crippen molar-refractivity contribution in [3.8, 4) is 0 Å². The Morgan fingerprint density at radius 3 is 0.811 bits per heavy atom. The zero-order chi connectivity index (χ0) is 26.5. The van der Waals surface area contributed by atoms with Crippen molar-refractivity contribution in [3.63, 3.8) is 0 Å². The van der Waals surface area contributed by atoms with Gasteiger partial charge in [0, 0.05) is 16.5 Å². The van der Waals surface area contributed by atoms with E-state index in [4.69, 9.17) is 9.59 Å². The van der Waals surface area contributed by atoms with Crippen LogP contribution in [0, 0.1) is 27.7 Å². The van der Waals surface area contributed by atoms with Gasteiger partial charge in [0.25, 0.3) is 0 Å². The van der Waals surface area contributed by atoms with Crippen LogP contribution in [0.15, 0.2) is 97.1 Å². The van der Waals surface area contributed by atoms with Crippen molar-refractivity contribution in [2.75, 3.05) is 12.3 Å². The number of hydrogen-bond donors (Lipinski definition) is 0. The molecule has 0 fully saturated rings. The topological polar surface area (TPSA) is 34.1 Å². The van der Waals surface area contributed by atoms with Crippen molar-refractivity contribution < 1.29 is 26.1 Å². The molecule has 0 atom stereocenters. The zero-order valence-electron chi connectivity index (χ0n) is 22.1. The van der Waals surface area contributed by atoms with Crippen LogP contribution in [0.1, 0.15) is 22.3 Å². The van der Waals surface area contributed by atoms with Crippen molar-refractivity contribution in [3.05, 3.63) is 119 Å². The Hall–Kier alpha value is -2.43. The Kier molecular flexibility index (Phi) is 15.1. The fourth-order valence-corrected chi connectivity index (χ4v) is 10.6. The monoisotopic (exact) mass is 572 g/mol. The fourth-order valence-electron chi connectivity index (χ4n) is 4.41. The second kappa shape index (κ2) is 17.2. The van der Waals surface area contributed by atoms with E-state index in [9.17, 15) is 0 Å². The van der Waals surface area contributed by atoms with Crippen LogP contribution >= 0.6 is 15.8 Å². The van der Waals surface area contributed by atoms with Gasteiger partial charge in [-0.05, 0) is 99.3 Å². The van der Waals surface area contributed by atoms with Gasteiger partial charge in [0.2, 0.25) is 0 Å². The molecule has 2 nitrogen and oxygen atoms in total. The first-order valence-corrected chi connectivity index (χ1v) is 15.0. The van der Waals surface area contributed by atoms with E-state index in [1.807, 2.05) is 13.6 Å².